The van der Waals surface area contributed by atoms with Crippen LogP contribution in [0.15, 0.2) is 0 Å². The van der Waals surface area contributed by atoms with Crippen LogP contribution in [0.4, 0.5) is 0 Å². The Balaban J connectivity index is 1.76. The fraction of sp³-hybridized carbons (Fsp3) is 0.944. The maximum absolute atomic E-state index is 13.2. The average Bonchev–Trinajstić information content (AvgIpc) is 2.33. The minimum absolute atomic E-state index is 0.0304. The number of nitrogens with zero attached hydrogens (tertiary/aromatic N) is 1. The number of hydrogen-bond donors (Lipinski definition) is 1. The first-order chi connectivity index (χ1) is 9.80. The van der Waals surface area contributed by atoms with E-state index in [2.05, 4.69) is 19.2 Å². The van der Waals surface area contributed by atoms with Crippen molar-refractivity contribution in [1.82, 2.24) is 10.2 Å². The molecule has 0 radical (unpaired) electrons. The van der Waals surface area contributed by atoms with Gasteiger partial charge in [0.05, 0.1) is 5.41 Å². The lowest BCUT2D eigenvalue weighted by Crippen LogP contribution is -2.60. The first-order valence-electron chi connectivity index (χ1n) is 8.70. The molecular formula is C18H32N2O. The van der Waals surface area contributed by atoms with E-state index in [0.29, 0.717) is 16.7 Å². The van der Waals surface area contributed by atoms with Gasteiger partial charge in [0.25, 0.3) is 0 Å². The summed E-state index contributed by atoms with van der Waals surface area (Å²) in [6, 6.07) is 0. The van der Waals surface area contributed by atoms with Crippen LogP contribution < -0.4 is 5.32 Å². The van der Waals surface area contributed by atoms with Crippen molar-refractivity contribution in [3.05, 3.63) is 0 Å². The monoisotopic (exact) mass is 292 g/mol. The molecular weight excluding hydrogens is 260 g/mol. The molecule has 120 valence electrons. The van der Waals surface area contributed by atoms with E-state index < -0.39 is 0 Å². The lowest BCUT2D eigenvalue weighted by atomic mass is 9.40. The van der Waals surface area contributed by atoms with Crippen molar-refractivity contribution in [3.8, 4) is 0 Å². The lowest BCUT2D eigenvalue weighted by Gasteiger charge is -2.65. The summed E-state index contributed by atoms with van der Waals surface area (Å²) in [6.07, 6.45) is 8.56. The van der Waals surface area contributed by atoms with Gasteiger partial charge in [-0.05, 0) is 75.3 Å². The molecule has 1 N–H and O–H groups in total. The van der Waals surface area contributed by atoms with E-state index in [1.54, 1.807) is 0 Å². The number of nitrogens with one attached hydrogen (secondary N) is 1. The molecule has 2 unspecified atom stereocenters. The maximum atomic E-state index is 13.2. The van der Waals surface area contributed by atoms with Gasteiger partial charge in [-0.2, -0.15) is 0 Å². The number of amides is 1. The summed E-state index contributed by atoms with van der Waals surface area (Å²) in [7, 11) is 3.99. The molecule has 2 atom stereocenters. The van der Waals surface area contributed by atoms with Crippen LogP contribution >= 0.6 is 0 Å². The standard InChI is InChI=1S/C18H32N2O/c1-16-8-14-9-17(2,11-16)13-18(10-14,12-16)15(21)20(4)7-5-6-19-3/h14,19H,5-13H2,1-4H3. The quantitative estimate of drug-likeness (QED) is 0.790. The SMILES string of the molecule is CNCCCN(C)C(=O)C12CC3CC(C)(CC(C)(C3)C1)C2. The van der Waals surface area contributed by atoms with E-state index in [-0.39, 0.29) is 5.41 Å². The smallest absolute Gasteiger partial charge is 0.228 e. The van der Waals surface area contributed by atoms with Crippen molar-refractivity contribution in [3.63, 3.8) is 0 Å². The molecule has 1 amide bonds. The van der Waals surface area contributed by atoms with Crippen molar-refractivity contribution >= 4 is 5.91 Å². The van der Waals surface area contributed by atoms with E-state index in [4.69, 9.17) is 0 Å². The predicted molar refractivity (Wildman–Crippen MR) is 86.0 cm³/mol. The zero-order chi connectivity index (χ0) is 15.3. The van der Waals surface area contributed by atoms with Crippen molar-refractivity contribution in [2.24, 2.45) is 22.2 Å². The van der Waals surface area contributed by atoms with Gasteiger partial charge in [0.1, 0.15) is 0 Å². The molecule has 21 heavy (non-hydrogen) atoms. The molecule has 4 bridgehead atoms. The Bertz CT molecular complexity index is 415. The molecule has 0 aromatic carbocycles. The Morgan fingerprint density at radius 2 is 1.76 bits per heavy atom. The second-order valence-corrected chi connectivity index (χ2v) is 9.09. The van der Waals surface area contributed by atoms with Crippen LogP contribution in [0.3, 0.4) is 0 Å². The highest BCUT2D eigenvalue weighted by atomic mass is 16.2. The van der Waals surface area contributed by atoms with Gasteiger partial charge in [0, 0.05) is 13.6 Å². The minimum Gasteiger partial charge on any atom is -0.345 e. The van der Waals surface area contributed by atoms with Crippen LogP contribution in [0.2, 0.25) is 0 Å². The van der Waals surface area contributed by atoms with Gasteiger partial charge in [-0.1, -0.05) is 13.8 Å². The Labute approximate surface area is 129 Å². The van der Waals surface area contributed by atoms with E-state index in [9.17, 15) is 4.79 Å². The third kappa shape index (κ3) is 2.62. The van der Waals surface area contributed by atoms with E-state index in [0.717, 1.165) is 44.7 Å². The largest absolute Gasteiger partial charge is 0.345 e. The topological polar surface area (TPSA) is 32.3 Å². The molecule has 4 aliphatic carbocycles. The van der Waals surface area contributed by atoms with Crippen LogP contribution in [0.1, 0.15) is 58.8 Å². The maximum Gasteiger partial charge on any atom is 0.228 e. The zero-order valence-electron chi connectivity index (χ0n) is 14.3. The summed E-state index contributed by atoms with van der Waals surface area (Å²) < 4.78 is 0. The normalized spacial score (nSPS) is 44.1. The van der Waals surface area contributed by atoms with Crippen LogP contribution in [0, 0.1) is 22.2 Å². The molecule has 0 heterocycles. The first-order valence-corrected chi connectivity index (χ1v) is 8.70. The Morgan fingerprint density at radius 1 is 1.14 bits per heavy atom. The third-order valence-electron chi connectivity index (χ3n) is 6.35. The molecule has 3 heteroatoms. The van der Waals surface area contributed by atoms with Crippen molar-refractivity contribution in [2.75, 3.05) is 27.2 Å². The fourth-order valence-corrected chi connectivity index (χ4v) is 6.69. The van der Waals surface area contributed by atoms with Crippen LogP contribution in [0.5, 0.6) is 0 Å². The summed E-state index contributed by atoms with van der Waals surface area (Å²) in [5.41, 5.74) is 0.822. The van der Waals surface area contributed by atoms with Crippen molar-refractivity contribution in [1.29, 1.82) is 0 Å². The predicted octanol–water partition coefficient (Wildman–Crippen LogP) is 3.05. The molecule has 4 aliphatic rings. The Morgan fingerprint density at radius 3 is 2.29 bits per heavy atom. The van der Waals surface area contributed by atoms with Gasteiger partial charge in [-0.15, -0.1) is 0 Å². The van der Waals surface area contributed by atoms with Crippen LogP contribution in [-0.4, -0.2) is 38.0 Å². The van der Waals surface area contributed by atoms with Crippen molar-refractivity contribution < 1.29 is 4.79 Å². The minimum atomic E-state index is -0.0304. The van der Waals surface area contributed by atoms with E-state index in [1.807, 2.05) is 19.0 Å². The van der Waals surface area contributed by atoms with E-state index >= 15 is 0 Å². The van der Waals surface area contributed by atoms with Crippen LogP contribution in [0.25, 0.3) is 0 Å². The van der Waals surface area contributed by atoms with Gasteiger partial charge in [-0.3, -0.25) is 4.79 Å². The summed E-state index contributed by atoms with van der Waals surface area (Å²) >= 11 is 0. The molecule has 0 aromatic rings. The summed E-state index contributed by atoms with van der Waals surface area (Å²) in [6.45, 7) is 6.76. The molecule has 0 aliphatic heterocycles. The van der Waals surface area contributed by atoms with Gasteiger partial charge in [0.2, 0.25) is 5.91 Å². The molecule has 0 aromatic heterocycles. The number of carbonyl (C=O) groups is 1. The summed E-state index contributed by atoms with van der Waals surface area (Å²) in [5, 5.41) is 3.17. The Kier molecular flexibility index (Phi) is 3.63. The van der Waals surface area contributed by atoms with Gasteiger partial charge < -0.3 is 10.2 Å². The molecule has 0 saturated heterocycles. The zero-order valence-corrected chi connectivity index (χ0v) is 14.3. The number of rotatable bonds is 5. The second kappa shape index (κ2) is 4.97. The van der Waals surface area contributed by atoms with Gasteiger partial charge in [-0.25, -0.2) is 0 Å². The molecule has 4 saturated carbocycles. The highest BCUT2D eigenvalue weighted by Gasteiger charge is 2.63. The molecule has 0 spiro atoms. The van der Waals surface area contributed by atoms with Crippen LogP contribution in [-0.2, 0) is 4.79 Å². The summed E-state index contributed by atoms with van der Waals surface area (Å²) in [4.78, 5) is 15.2. The average molecular weight is 292 g/mol. The third-order valence-corrected chi connectivity index (χ3v) is 6.35. The molecule has 4 fully saturated rings. The Hall–Kier alpha value is -0.570. The molecule has 4 rings (SSSR count). The fourth-order valence-electron chi connectivity index (χ4n) is 6.69. The molecule has 3 nitrogen and oxygen atoms in total. The highest BCUT2D eigenvalue weighted by molar-refractivity contribution is 5.83. The number of hydrogen-bond acceptors (Lipinski definition) is 2. The summed E-state index contributed by atoms with van der Waals surface area (Å²) in [5.74, 6) is 1.24. The van der Waals surface area contributed by atoms with E-state index in [1.165, 1.54) is 19.3 Å². The van der Waals surface area contributed by atoms with Gasteiger partial charge >= 0.3 is 0 Å². The number of carbonyl (C=O) groups excluding carboxylic acids is 1. The highest BCUT2D eigenvalue weighted by Crippen LogP contribution is 2.69. The second-order valence-electron chi connectivity index (χ2n) is 9.09. The lowest BCUT2D eigenvalue weighted by molar-refractivity contribution is -0.178. The van der Waals surface area contributed by atoms with Gasteiger partial charge in [0.15, 0.2) is 0 Å². The van der Waals surface area contributed by atoms with Crippen molar-refractivity contribution in [2.45, 2.75) is 58.8 Å². The first kappa shape index (κ1) is 15.3.